The molecule has 0 bridgehead atoms. The molecule has 26 heavy (non-hydrogen) atoms. The zero-order valence-electron chi connectivity index (χ0n) is 13.4. The Balaban J connectivity index is 1.97. The van der Waals surface area contributed by atoms with Crippen LogP contribution in [-0.4, -0.2) is 22.8 Å². The number of nitrogens with one attached hydrogen (secondary N) is 2. The Morgan fingerprint density at radius 2 is 1.85 bits per heavy atom. The molecule has 0 aromatic heterocycles. The molecule has 0 heterocycles. The Labute approximate surface area is 152 Å². The maximum atomic E-state index is 12.8. The van der Waals surface area contributed by atoms with E-state index in [0.29, 0.717) is 0 Å². The molecule has 1 atom stereocenters. The lowest BCUT2D eigenvalue weighted by Gasteiger charge is -2.15. The first kappa shape index (κ1) is 19.1. The van der Waals surface area contributed by atoms with E-state index in [0.717, 1.165) is 6.07 Å². The largest absolute Gasteiger partial charge is 0.481 e. The molecule has 0 aliphatic rings. The Hall–Kier alpha value is -3.20. The number of rotatable bonds is 5. The number of ether oxygens (including phenoxy) is 1. The first-order valence-electron chi connectivity index (χ1n) is 7.24. The molecule has 0 aliphatic carbocycles. The van der Waals surface area contributed by atoms with Crippen LogP contribution < -0.4 is 15.6 Å². The summed E-state index contributed by atoms with van der Waals surface area (Å²) in [7, 11) is 0. The van der Waals surface area contributed by atoms with E-state index < -0.39 is 34.3 Å². The first-order chi connectivity index (χ1) is 12.3. The van der Waals surface area contributed by atoms with Gasteiger partial charge in [0.2, 0.25) is 0 Å². The van der Waals surface area contributed by atoms with Crippen molar-refractivity contribution in [1.82, 2.24) is 10.9 Å². The second-order valence-electron chi connectivity index (χ2n) is 5.08. The molecule has 8 nitrogen and oxygen atoms in total. The van der Waals surface area contributed by atoms with Gasteiger partial charge in [-0.25, -0.2) is 4.39 Å². The van der Waals surface area contributed by atoms with Crippen LogP contribution in [0.15, 0.2) is 42.5 Å². The predicted molar refractivity (Wildman–Crippen MR) is 90.2 cm³/mol. The van der Waals surface area contributed by atoms with Gasteiger partial charge in [-0.15, -0.1) is 0 Å². The lowest BCUT2D eigenvalue weighted by Crippen LogP contribution is -2.47. The van der Waals surface area contributed by atoms with Crippen LogP contribution in [0.4, 0.5) is 10.1 Å². The molecule has 2 aromatic rings. The number of carbonyl (C=O) groups excluding carboxylic acids is 2. The average Bonchev–Trinajstić information content (AvgIpc) is 2.61. The first-order valence-corrected chi connectivity index (χ1v) is 7.62. The lowest BCUT2D eigenvalue weighted by atomic mass is 10.2. The smallest absolute Gasteiger partial charge is 0.283 e. The summed E-state index contributed by atoms with van der Waals surface area (Å²) in [5, 5.41) is 11.1. The summed E-state index contributed by atoms with van der Waals surface area (Å²) in [6.45, 7) is 1.41. The van der Waals surface area contributed by atoms with Gasteiger partial charge in [0, 0.05) is 11.1 Å². The number of hydrazine groups is 1. The van der Waals surface area contributed by atoms with Crippen molar-refractivity contribution in [2.75, 3.05) is 0 Å². The van der Waals surface area contributed by atoms with Crippen LogP contribution >= 0.6 is 11.6 Å². The summed E-state index contributed by atoms with van der Waals surface area (Å²) in [5.74, 6) is -1.80. The van der Waals surface area contributed by atoms with E-state index >= 15 is 0 Å². The highest BCUT2D eigenvalue weighted by Gasteiger charge is 2.22. The van der Waals surface area contributed by atoms with Gasteiger partial charge in [0.1, 0.15) is 17.1 Å². The molecule has 0 fully saturated rings. The zero-order valence-corrected chi connectivity index (χ0v) is 14.1. The van der Waals surface area contributed by atoms with Crippen LogP contribution in [-0.2, 0) is 4.79 Å². The molecular formula is C16H13ClFN3O5. The van der Waals surface area contributed by atoms with Crippen molar-refractivity contribution in [3.63, 3.8) is 0 Å². The van der Waals surface area contributed by atoms with Gasteiger partial charge in [-0.05, 0) is 43.3 Å². The van der Waals surface area contributed by atoms with Crippen LogP contribution in [0.3, 0.4) is 0 Å². The van der Waals surface area contributed by atoms with Crippen molar-refractivity contribution >= 4 is 29.1 Å². The van der Waals surface area contributed by atoms with Gasteiger partial charge in [-0.2, -0.15) is 0 Å². The number of nitrogens with zero attached hydrogens (tertiary/aromatic N) is 1. The van der Waals surface area contributed by atoms with Crippen molar-refractivity contribution in [2.24, 2.45) is 0 Å². The number of hydrogen-bond donors (Lipinski definition) is 2. The van der Waals surface area contributed by atoms with Crippen LogP contribution in [0.25, 0.3) is 0 Å². The van der Waals surface area contributed by atoms with Crippen LogP contribution in [0.1, 0.15) is 17.3 Å². The van der Waals surface area contributed by atoms with Crippen LogP contribution in [0, 0.1) is 15.9 Å². The number of carbonyl (C=O) groups is 2. The van der Waals surface area contributed by atoms with Crippen molar-refractivity contribution < 1.29 is 23.6 Å². The monoisotopic (exact) mass is 381 g/mol. The van der Waals surface area contributed by atoms with E-state index in [1.54, 1.807) is 0 Å². The molecule has 136 valence electrons. The number of hydrogen-bond acceptors (Lipinski definition) is 5. The van der Waals surface area contributed by atoms with Crippen molar-refractivity contribution in [3.05, 3.63) is 69.0 Å². The summed E-state index contributed by atoms with van der Waals surface area (Å²) < 4.78 is 18.1. The predicted octanol–water partition coefficient (Wildman–Crippen LogP) is 2.62. The standard InChI is InChI=1S/C16H13ClFN3O5/c1-9(26-12-5-3-11(18)4-6-12)15(22)19-20-16(23)13-7-2-10(17)8-14(13)21(24)25/h2-9H,1H3,(H,19,22)(H,20,23). The van der Waals surface area contributed by atoms with Crippen LogP contribution in [0.2, 0.25) is 5.02 Å². The molecule has 2 rings (SSSR count). The molecule has 2 amide bonds. The van der Waals surface area contributed by atoms with E-state index in [1.165, 1.54) is 43.3 Å². The fourth-order valence-electron chi connectivity index (χ4n) is 1.91. The molecule has 2 N–H and O–H groups in total. The minimum Gasteiger partial charge on any atom is -0.481 e. The Bertz CT molecular complexity index is 844. The number of nitro groups is 1. The third-order valence-corrected chi connectivity index (χ3v) is 3.43. The molecule has 0 radical (unpaired) electrons. The van der Waals surface area contributed by atoms with E-state index in [1.807, 2.05) is 0 Å². The minimum absolute atomic E-state index is 0.0959. The molecule has 0 spiro atoms. The SMILES string of the molecule is CC(Oc1ccc(F)cc1)C(=O)NNC(=O)c1ccc(Cl)cc1[N+](=O)[O-]. The number of halogens is 2. The Kier molecular flexibility index (Phi) is 6.07. The van der Waals surface area contributed by atoms with Crippen molar-refractivity contribution in [1.29, 1.82) is 0 Å². The maximum absolute atomic E-state index is 12.8. The fraction of sp³-hybridized carbons (Fsp3) is 0.125. The number of amides is 2. The molecule has 2 aromatic carbocycles. The normalized spacial score (nSPS) is 11.3. The van der Waals surface area contributed by atoms with Gasteiger partial charge in [0.15, 0.2) is 6.10 Å². The van der Waals surface area contributed by atoms with Gasteiger partial charge >= 0.3 is 0 Å². The molecule has 0 saturated carbocycles. The third kappa shape index (κ3) is 4.90. The van der Waals surface area contributed by atoms with Crippen molar-refractivity contribution in [3.8, 4) is 5.75 Å². The van der Waals surface area contributed by atoms with Gasteiger partial charge in [0.25, 0.3) is 17.5 Å². The van der Waals surface area contributed by atoms with E-state index in [9.17, 15) is 24.1 Å². The molecule has 0 aliphatic heterocycles. The Morgan fingerprint density at radius 3 is 2.46 bits per heavy atom. The second kappa shape index (κ2) is 8.26. The second-order valence-corrected chi connectivity index (χ2v) is 5.51. The van der Waals surface area contributed by atoms with E-state index in [-0.39, 0.29) is 16.3 Å². The van der Waals surface area contributed by atoms with Crippen molar-refractivity contribution in [2.45, 2.75) is 13.0 Å². The topological polar surface area (TPSA) is 111 Å². The summed E-state index contributed by atoms with van der Waals surface area (Å²) in [4.78, 5) is 34.2. The molecule has 1 unspecified atom stereocenters. The van der Waals surface area contributed by atoms with Crippen LogP contribution in [0.5, 0.6) is 5.75 Å². The summed E-state index contributed by atoms with van der Waals surface area (Å²) in [6, 6.07) is 8.52. The van der Waals surface area contributed by atoms with Gasteiger partial charge in [0.05, 0.1) is 4.92 Å². The quantitative estimate of drug-likeness (QED) is 0.611. The van der Waals surface area contributed by atoms with E-state index in [2.05, 4.69) is 10.9 Å². The Morgan fingerprint density at radius 1 is 1.19 bits per heavy atom. The average molecular weight is 382 g/mol. The zero-order chi connectivity index (χ0) is 19.3. The number of nitro benzene ring substituents is 1. The number of benzene rings is 2. The van der Waals surface area contributed by atoms with Gasteiger partial charge in [-0.3, -0.25) is 30.6 Å². The summed E-state index contributed by atoms with van der Waals surface area (Å²) in [6.07, 6.45) is -1.01. The molecular weight excluding hydrogens is 369 g/mol. The van der Waals surface area contributed by atoms with Gasteiger partial charge in [-0.1, -0.05) is 11.6 Å². The highest BCUT2D eigenvalue weighted by Crippen LogP contribution is 2.23. The summed E-state index contributed by atoms with van der Waals surface area (Å²) in [5.41, 5.74) is 3.39. The lowest BCUT2D eigenvalue weighted by molar-refractivity contribution is -0.385. The highest BCUT2D eigenvalue weighted by atomic mass is 35.5. The molecule has 0 saturated heterocycles. The van der Waals surface area contributed by atoms with Gasteiger partial charge < -0.3 is 4.74 Å². The fourth-order valence-corrected chi connectivity index (χ4v) is 2.07. The highest BCUT2D eigenvalue weighted by molar-refractivity contribution is 6.31. The maximum Gasteiger partial charge on any atom is 0.283 e. The summed E-state index contributed by atoms with van der Waals surface area (Å²) >= 11 is 5.68. The van der Waals surface area contributed by atoms with E-state index in [4.69, 9.17) is 16.3 Å². The minimum atomic E-state index is -1.01. The third-order valence-electron chi connectivity index (χ3n) is 3.20. The molecule has 10 heteroatoms.